The number of nitrogens with one attached hydrogen (secondary N) is 4. The van der Waals surface area contributed by atoms with Crippen molar-refractivity contribution in [2.24, 2.45) is 0 Å². The fourth-order valence-corrected chi connectivity index (χ4v) is 2.18. The third-order valence-corrected chi connectivity index (χ3v) is 3.09. The quantitative estimate of drug-likeness (QED) is 0.639. The highest BCUT2D eigenvalue weighted by Gasteiger charge is 2.06. The lowest BCUT2D eigenvalue weighted by atomic mass is 10.3. The van der Waals surface area contributed by atoms with Crippen LogP contribution in [0.5, 0.6) is 0 Å². The summed E-state index contributed by atoms with van der Waals surface area (Å²) in [5, 5.41) is 6.59. The number of hydrogen-bond donors (Lipinski definition) is 4. The lowest BCUT2D eigenvalue weighted by molar-refractivity contribution is 0.979. The molecule has 1 aromatic heterocycles. The van der Waals surface area contributed by atoms with Crippen LogP contribution in [0.25, 0.3) is 11.0 Å². The third kappa shape index (κ3) is 2.67. The zero-order chi connectivity index (χ0) is 12.4. The molecule has 0 spiro atoms. The van der Waals surface area contributed by atoms with Crippen molar-refractivity contribution in [3.05, 3.63) is 27.1 Å². The van der Waals surface area contributed by atoms with Gasteiger partial charge in [-0.15, -0.1) is 0 Å². The van der Waals surface area contributed by atoms with Gasteiger partial charge in [-0.2, -0.15) is 0 Å². The molecule has 0 amide bonds. The van der Waals surface area contributed by atoms with Crippen molar-refractivity contribution < 1.29 is 0 Å². The van der Waals surface area contributed by atoms with Gasteiger partial charge in [-0.3, -0.25) is 0 Å². The van der Waals surface area contributed by atoms with Gasteiger partial charge in [0, 0.05) is 11.0 Å². The SMILES string of the molecule is CCNC(=S)Nc1cc2[nH]c(=O)[nH]c2cc1Br. The molecule has 0 aliphatic rings. The second kappa shape index (κ2) is 4.89. The van der Waals surface area contributed by atoms with Gasteiger partial charge in [0.25, 0.3) is 0 Å². The average molecular weight is 315 g/mol. The molecule has 1 aromatic carbocycles. The number of H-pyrrole nitrogens is 2. The van der Waals surface area contributed by atoms with Gasteiger partial charge in [0.2, 0.25) is 0 Å². The summed E-state index contributed by atoms with van der Waals surface area (Å²) in [5.41, 5.74) is 2.07. The molecular formula is C10H11BrN4OS. The molecule has 17 heavy (non-hydrogen) atoms. The van der Waals surface area contributed by atoms with E-state index in [1.165, 1.54) is 0 Å². The van der Waals surface area contributed by atoms with E-state index >= 15 is 0 Å². The van der Waals surface area contributed by atoms with Crippen LogP contribution >= 0.6 is 28.1 Å². The van der Waals surface area contributed by atoms with Gasteiger partial charge in [-0.05, 0) is 47.2 Å². The van der Waals surface area contributed by atoms with Crippen LogP contribution in [0.2, 0.25) is 0 Å². The van der Waals surface area contributed by atoms with Crippen molar-refractivity contribution in [3.8, 4) is 0 Å². The Morgan fingerprint density at radius 2 is 2.06 bits per heavy atom. The molecule has 4 N–H and O–H groups in total. The Morgan fingerprint density at radius 1 is 1.41 bits per heavy atom. The van der Waals surface area contributed by atoms with Gasteiger partial charge < -0.3 is 20.6 Å². The minimum atomic E-state index is -0.224. The molecule has 0 radical (unpaired) electrons. The van der Waals surface area contributed by atoms with Crippen LogP contribution in [0.1, 0.15) is 6.92 Å². The standard InChI is InChI=1S/C10H11BrN4OS/c1-2-12-10(17)15-6-4-8-7(3-5(6)11)13-9(16)14-8/h3-4H,2H2,1H3,(H2,12,15,17)(H2,13,14,16). The minimum absolute atomic E-state index is 0.224. The van der Waals surface area contributed by atoms with Crippen LogP contribution < -0.4 is 16.3 Å². The molecule has 0 aliphatic heterocycles. The number of thiocarbonyl (C=S) groups is 1. The predicted molar refractivity (Wildman–Crippen MR) is 76.5 cm³/mol. The largest absolute Gasteiger partial charge is 0.363 e. The van der Waals surface area contributed by atoms with Crippen molar-refractivity contribution >= 4 is 50.0 Å². The lowest BCUT2D eigenvalue weighted by Gasteiger charge is -2.10. The highest BCUT2D eigenvalue weighted by Crippen LogP contribution is 2.26. The molecule has 0 fully saturated rings. The fourth-order valence-electron chi connectivity index (χ4n) is 1.48. The normalized spacial score (nSPS) is 10.5. The first kappa shape index (κ1) is 12.1. The first-order valence-electron chi connectivity index (χ1n) is 5.06. The summed E-state index contributed by atoms with van der Waals surface area (Å²) in [4.78, 5) is 16.5. The molecule has 90 valence electrons. The second-order valence-corrected chi connectivity index (χ2v) is 4.70. The summed E-state index contributed by atoms with van der Waals surface area (Å²) in [6, 6.07) is 3.64. The van der Waals surface area contributed by atoms with Gasteiger partial charge in [-0.25, -0.2) is 4.79 Å². The van der Waals surface area contributed by atoms with Gasteiger partial charge in [0.15, 0.2) is 5.11 Å². The van der Waals surface area contributed by atoms with Crippen LogP contribution in [0, 0.1) is 0 Å². The molecule has 0 bridgehead atoms. The summed E-state index contributed by atoms with van der Waals surface area (Å²) in [6.45, 7) is 2.72. The summed E-state index contributed by atoms with van der Waals surface area (Å²) in [7, 11) is 0. The van der Waals surface area contributed by atoms with E-state index in [-0.39, 0.29) is 5.69 Å². The highest BCUT2D eigenvalue weighted by atomic mass is 79.9. The molecule has 7 heteroatoms. The Balaban J connectivity index is 2.36. The van der Waals surface area contributed by atoms with Crippen LogP contribution in [0.15, 0.2) is 21.4 Å². The van der Waals surface area contributed by atoms with E-state index in [2.05, 4.69) is 36.5 Å². The van der Waals surface area contributed by atoms with Crippen molar-refractivity contribution in [2.75, 3.05) is 11.9 Å². The number of imidazole rings is 1. The summed E-state index contributed by atoms with van der Waals surface area (Å²) >= 11 is 8.52. The molecule has 0 unspecified atom stereocenters. The number of anilines is 1. The Kier molecular flexibility index (Phi) is 3.49. The van der Waals surface area contributed by atoms with E-state index in [1.54, 1.807) is 0 Å². The maximum absolute atomic E-state index is 11.2. The van der Waals surface area contributed by atoms with Crippen LogP contribution in [0.4, 0.5) is 5.69 Å². The van der Waals surface area contributed by atoms with Gasteiger partial charge in [-0.1, -0.05) is 0 Å². The fraction of sp³-hybridized carbons (Fsp3) is 0.200. The zero-order valence-electron chi connectivity index (χ0n) is 9.06. The van der Waals surface area contributed by atoms with Crippen molar-refractivity contribution in [1.29, 1.82) is 0 Å². The maximum Gasteiger partial charge on any atom is 0.323 e. The van der Waals surface area contributed by atoms with E-state index in [0.717, 1.165) is 27.7 Å². The Morgan fingerprint density at radius 3 is 2.71 bits per heavy atom. The number of benzene rings is 1. The molecule has 1 heterocycles. The maximum atomic E-state index is 11.2. The first-order chi connectivity index (χ1) is 8.10. The van der Waals surface area contributed by atoms with Gasteiger partial charge in [0.1, 0.15) is 0 Å². The van der Waals surface area contributed by atoms with Crippen LogP contribution in [0.3, 0.4) is 0 Å². The Bertz CT molecular complexity index is 618. The molecule has 5 nitrogen and oxygen atoms in total. The summed E-state index contributed by atoms with van der Waals surface area (Å²) in [6.07, 6.45) is 0. The predicted octanol–water partition coefficient (Wildman–Crippen LogP) is 1.92. The van der Waals surface area contributed by atoms with Gasteiger partial charge in [0.05, 0.1) is 16.7 Å². The van der Waals surface area contributed by atoms with Crippen molar-refractivity contribution in [1.82, 2.24) is 15.3 Å². The van der Waals surface area contributed by atoms with E-state index in [1.807, 2.05) is 19.1 Å². The van der Waals surface area contributed by atoms with Crippen molar-refractivity contribution in [3.63, 3.8) is 0 Å². The number of halogens is 1. The Hall–Kier alpha value is -1.34. The lowest BCUT2D eigenvalue weighted by Crippen LogP contribution is -2.28. The topological polar surface area (TPSA) is 72.7 Å². The van der Waals surface area contributed by atoms with Crippen molar-refractivity contribution in [2.45, 2.75) is 6.92 Å². The number of hydrogen-bond acceptors (Lipinski definition) is 2. The van der Waals surface area contributed by atoms with Crippen LogP contribution in [-0.4, -0.2) is 21.6 Å². The molecule has 0 atom stereocenters. The van der Waals surface area contributed by atoms with E-state index in [9.17, 15) is 4.79 Å². The summed E-state index contributed by atoms with van der Waals surface area (Å²) in [5.74, 6) is 0. The molecule has 2 aromatic rings. The average Bonchev–Trinajstić information content (AvgIpc) is 2.58. The third-order valence-electron chi connectivity index (χ3n) is 2.19. The van der Waals surface area contributed by atoms with E-state index in [4.69, 9.17) is 12.2 Å². The number of fused-ring (bicyclic) bond motifs is 1. The Labute approximate surface area is 111 Å². The minimum Gasteiger partial charge on any atom is -0.363 e. The van der Waals surface area contributed by atoms with Crippen LogP contribution in [-0.2, 0) is 0 Å². The second-order valence-electron chi connectivity index (χ2n) is 3.44. The smallest absolute Gasteiger partial charge is 0.323 e. The number of aromatic amines is 2. The molecule has 2 rings (SSSR count). The molecular weight excluding hydrogens is 304 g/mol. The molecule has 0 aliphatic carbocycles. The number of rotatable bonds is 2. The number of aromatic nitrogens is 2. The summed E-state index contributed by atoms with van der Waals surface area (Å²) < 4.78 is 0.834. The van der Waals surface area contributed by atoms with Gasteiger partial charge >= 0.3 is 5.69 Å². The monoisotopic (exact) mass is 314 g/mol. The first-order valence-corrected chi connectivity index (χ1v) is 6.26. The molecule has 0 saturated heterocycles. The highest BCUT2D eigenvalue weighted by molar-refractivity contribution is 9.10. The zero-order valence-corrected chi connectivity index (χ0v) is 11.5. The molecule has 0 saturated carbocycles. The van der Waals surface area contributed by atoms with E-state index in [0.29, 0.717) is 5.11 Å². The van der Waals surface area contributed by atoms with E-state index < -0.39 is 0 Å².